The summed E-state index contributed by atoms with van der Waals surface area (Å²) in [6.07, 6.45) is 90.3. The van der Waals surface area contributed by atoms with E-state index in [2.05, 4.69) is 19.2 Å². The molecule has 0 fully saturated rings. The van der Waals surface area contributed by atoms with Crippen LogP contribution in [0.4, 0.5) is 0 Å². The second-order valence-corrected chi connectivity index (χ2v) is 26.4. The Morgan fingerprint density at radius 2 is 0.561 bits per heavy atom. The molecule has 0 aliphatic rings. The lowest BCUT2D eigenvalue weighted by atomic mass is 10.0. The molecule has 0 saturated carbocycles. The van der Waals surface area contributed by atoms with E-state index in [1.165, 1.54) is 372 Å². The van der Waals surface area contributed by atoms with Crippen LogP contribution in [-0.4, -0.2) is 47.4 Å². The van der Waals surface area contributed by atoms with E-state index in [9.17, 15) is 19.8 Å². The summed E-state index contributed by atoms with van der Waals surface area (Å²) in [6.45, 7) is 4.96. The third-order valence-corrected chi connectivity index (χ3v) is 18.1. The number of hydrogen-bond donors (Lipinski definition) is 3. The highest BCUT2D eigenvalue weighted by molar-refractivity contribution is 5.76. The van der Waals surface area contributed by atoms with E-state index in [1.54, 1.807) is 6.08 Å². The van der Waals surface area contributed by atoms with Gasteiger partial charge in [-0.05, 0) is 32.1 Å². The molecule has 0 saturated heterocycles. The van der Waals surface area contributed by atoms with Crippen molar-refractivity contribution in [1.29, 1.82) is 0 Å². The average molecular weight is 1160 g/mol. The lowest BCUT2D eigenvalue weighted by Gasteiger charge is -2.20. The van der Waals surface area contributed by atoms with Gasteiger partial charge in [0.15, 0.2) is 0 Å². The monoisotopic (exact) mass is 1160 g/mol. The van der Waals surface area contributed by atoms with Crippen molar-refractivity contribution in [2.45, 2.75) is 450 Å². The normalized spacial score (nSPS) is 12.5. The summed E-state index contributed by atoms with van der Waals surface area (Å²) in [7, 11) is 0. The summed E-state index contributed by atoms with van der Waals surface area (Å²) in [5.74, 6) is -0.0372. The molecule has 0 aromatic heterocycles. The van der Waals surface area contributed by atoms with Crippen molar-refractivity contribution in [3.63, 3.8) is 0 Å². The van der Waals surface area contributed by atoms with E-state index < -0.39 is 12.1 Å². The Bertz CT molecular complexity index is 1240. The predicted octanol–water partition coefficient (Wildman–Crippen LogP) is 24.7. The lowest BCUT2D eigenvalue weighted by molar-refractivity contribution is -0.143. The zero-order chi connectivity index (χ0) is 59.2. The zero-order valence-corrected chi connectivity index (χ0v) is 56.0. The molecule has 0 radical (unpaired) electrons. The predicted molar refractivity (Wildman–Crippen MR) is 361 cm³/mol. The van der Waals surface area contributed by atoms with Crippen LogP contribution in [0.5, 0.6) is 0 Å². The highest BCUT2D eigenvalue weighted by Crippen LogP contribution is 2.20. The van der Waals surface area contributed by atoms with Crippen LogP contribution >= 0.6 is 0 Å². The number of esters is 1. The molecule has 3 N–H and O–H groups in total. The quantitative estimate of drug-likeness (QED) is 0.0320. The number of hydrogen-bond acceptors (Lipinski definition) is 5. The Balaban J connectivity index is 3.36. The standard InChI is InChI=1S/C76H149NO5/c1-3-5-7-9-11-13-15-17-18-19-20-21-29-32-35-38-41-45-48-52-56-60-64-68-74(79)73(72-78)77-75(80)69-65-61-57-53-49-46-42-39-36-33-30-27-25-23-22-24-26-28-31-34-37-40-43-47-51-55-59-63-67-71-82-76(81)70-66-62-58-54-50-44-16-14-12-10-8-6-4-2/h64,68,73-74,78-79H,3-63,65-67,69-72H2,1-2H3,(H,77,80)/b68-64+. The van der Waals surface area contributed by atoms with E-state index in [-0.39, 0.29) is 18.5 Å². The van der Waals surface area contributed by atoms with Gasteiger partial charge >= 0.3 is 5.97 Å². The number of ether oxygens (including phenoxy) is 1. The first-order valence-corrected chi connectivity index (χ1v) is 38.0. The van der Waals surface area contributed by atoms with Crippen molar-refractivity contribution >= 4 is 11.9 Å². The summed E-state index contributed by atoms with van der Waals surface area (Å²) in [4.78, 5) is 24.6. The molecule has 6 heteroatoms. The lowest BCUT2D eigenvalue weighted by Crippen LogP contribution is -2.45. The first kappa shape index (κ1) is 80.6. The maximum absolute atomic E-state index is 12.5. The molecule has 1 amide bonds. The molecule has 82 heavy (non-hydrogen) atoms. The van der Waals surface area contributed by atoms with Crippen molar-refractivity contribution in [2.75, 3.05) is 13.2 Å². The molecule has 0 aromatic carbocycles. The Labute approximate surface area is 514 Å². The largest absolute Gasteiger partial charge is 0.466 e. The number of carbonyl (C=O) groups excluding carboxylic acids is 2. The molecule has 0 spiro atoms. The molecule has 0 rings (SSSR count). The van der Waals surface area contributed by atoms with Gasteiger partial charge in [-0.15, -0.1) is 0 Å². The van der Waals surface area contributed by atoms with Gasteiger partial charge in [0, 0.05) is 12.8 Å². The van der Waals surface area contributed by atoms with E-state index in [4.69, 9.17) is 4.74 Å². The summed E-state index contributed by atoms with van der Waals surface area (Å²) < 4.78 is 5.49. The van der Waals surface area contributed by atoms with Gasteiger partial charge in [-0.3, -0.25) is 9.59 Å². The molecule has 0 bridgehead atoms. The Morgan fingerprint density at radius 1 is 0.329 bits per heavy atom. The molecule has 0 aromatic rings. The van der Waals surface area contributed by atoms with Crippen molar-refractivity contribution in [1.82, 2.24) is 5.32 Å². The van der Waals surface area contributed by atoms with Crippen molar-refractivity contribution < 1.29 is 24.5 Å². The fraction of sp³-hybridized carbons (Fsp3) is 0.947. The minimum absolute atomic E-state index is 0.0218. The van der Waals surface area contributed by atoms with Gasteiger partial charge in [0.25, 0.3) is 0 Å². The van der Waals surface area contributed by atoms with Crippen molar-refractivity contribution in [2.24, 2.45) is 0 Å². The maximum atomic E-state index is 12.5. The van der Waals surface area contributed by atoms with Gasteiger partial charge in [0.1, 0.15) is 0 Å². The molecule has 0 heterocycles. The molecule has 2 unspecified atom stereocenters. The molecule has 488 valence electrons. The highest BCUT2D eigenvalue weighted by atomic mass is 16.5. The van der Waals surface area contributed by atoms with Crippen LogP contribution in [0.15, 0.2) is 12.2 Å². The Morgan fingerprint density at radius 3 is 0.829 bits per heavy atom. The van der Waals surface area contributed by atoms with Gasteiger partial charge < -0.3 is 20.3 Å². The Hall–Kier alpha value is -1.40. The minimum Gasteiger partial charge on any atom is -0.466 e. The first-order valence-electron chi connectivity index (χ1n) is 38.0. The van der Waals surface area contributed by atoms with Crippen LogP contribution < -0.4 is 5.32 Å². The molecule has 2 atom stereocenters. The first-order chi connectivity index (χ1) is 40.5. The smallest absolute Gasteiger partial charge is 0.305 e. The number of aliphatic hydroxyl groups excluding tert-OH is 2. The van der Waals surface area contributed by atoms with Gasteiger partial charge in [-0.1, -0.05) is 405 Å². The second-order valence-electron chi connectivity index (χ2n) is 26.4. The molecule has 6 nitrogen and oxygen atoms in total. The molecule has 0 aliphatic carbocycles. The summed E-state index contributed by atoms with van der Waals surface area (Å²) in [5.41, 5.74) is 0. The summed E-state index contributed by atoms with van der Waals surface area (Å²) in [6, 6.07) is -0.626. The van der Waals surface area contributed by atoms with E-state index >= 15 is 0 Å². The SMILES string of the molecule is CCCCCCCCCCCCCCCCCCCCCCC/C=C/C(O)C(CO)NC(=O)CCCCCCCCCCCCCCCCCCCCCCCCCCCCCCCOC(=O)CCCCCCCCCCCCCCC. The van der Waals surface area contributed by atoms with E-state index in [0.717, 1.165) is 38.5 Å². The second kappa shape index (κ2) is 72.1. The van der Waals surface area contributed by atoms with Crippen LogP contribution in [0.3, 0.4) is 0 Å². The number of carbonyl (C=O) groups is 2. The van der Waals surface area contributed by atoms with E-state index in [1.807, 2.05) is 6.08 Å². The third kappa shape index (κ3) is 67.7. The number of unbranched alkanes of at least 4 members (excludes halogenated alkanes) is 61. The van der Waals surface area contributed by atoms with Crippen LogP contribution in [0.1, 0.15) is 438 Å². The zero-order valence-electron chi connectivity index (χ0n) is 56.0. The maximum Gasteiger partial charge on any atom is 0.305 e. The van der Waals surface area contributed by atoms with Gasteiger partial charge in [-0.25, -0.2) is 0 Å². The van der Waals surface area contributed by atoms with Crippen molar-refractivity contribution in [3.05, 3.63) is 12.2 Å². The summed E-state index contributed by atoms with van der Waals surface area (Å²) in [5, 5.41) is 23.3. The molecular formula is C76H149NO5. The number of rotatable bonds is 72. The Kier molecular flexibility index (Phi) is 70.8. The van der Waals surface area contributed by atoms with Crippen LogP contribution in [-0.2, 0) is 14.3 Å². The summed E-state index contributed by atoms with van der Waals surface area (Å²) >= 11 is 0. The fourth-order valence-electron chi connectivity index (χ4n) is 12.3. The van der Waals surface area contributed by atoms with Gasteiger partial charge in [0.05, 0.1) is 25.4 Å². The van der Waals surface area contributed by atoms with Gasteiger partial charge in [-0.2, -0.15) is 0 Å². The van der Waals surface area contributed by atoms with Crippen LogP contribution in [0.2, 0.25) is 0 Å². The number of allylic oxidation sites excluding steroid dienone is 1. The molecular weight excluding hydrogens is 1010 g/mol. The number of amides is 1. The minimum atomic E-state index is -0.843. The van der Waals surface area contributed by atoms with E-state index in [0.29, 0.717) is 19.4 Å². The van der Waals surface area contributed by atoms with Crippen LogP contribution in [0, 0.1) is 0 Å². The van der Waals surface area contributed by atoms with Crippen molar-refractivity contribution in [3.8, 4) is 0 Å². The topological polar surface area (TPSA) is 95.9 Å². The highest BCUT2D eigenvalue weighted by Gasteiger charge is 2.18. The number of aliphatic hydroxyl groups is 2. The average Bonchev–Trinajstić information content (AvgIpc) is 3.48. The molecule has 0 aliphatic heterocycles. The van der Waals surface area contributed by atoms with Gasteiger partial charge in [0.2, 0.25) is 5.91 Å². The fourth-order valence-corrected chi connectivity index (χ4v) is 12.3. The third-order valence-electron chi connectivity index (χ3n) is 18.1. The number of nitrogens with one attached hydrogen (secondary N) is 1. The van der Waals surface area contributed by atoms with Crippen LogP contribution in [0.25, 0.3) is 0 Å².